The van der Waals surface area contributed by atoms with E-state index in [0.717, 1.165) is 0 Å². The first-order valence-electron chi connectivity index (χ1n) is 11.2. The second-order valence-corrected chi connectivity index (χ2v) is 9.41. The van der Waals surface area contributed by atoms with E-state index >= 15 is 0 Å². The largest absolute Gasteiger partial charge is 0.459 e. The first kappa shape index (κ1) is 26.6. The number of halogens is 1. The van der Waals surface area contributed by atoms with Crippen LogP contribution in [-0.2, 0) is 14.3 Å². The minimum absolute atomic E-state index is 0.227. The molecule has 1 aromatic carbocycles. The van der Waals surface area contributed by atoms with Crippen molar-refractivity contribution in [3.05, 3.63) is 59.0 Å². The molecule has 1 aliphatic rings. The van der Waals surface area contributed by atoms with Gasteiger partial charge in [-0.1, -0.05) is 11.6 Å². The molecule has 1 aromatic heterocycles. The number of benzene rings is 1. The highest BCUT2D eigenvalue weighted by Crippen LogP contribution is 2.13. The van der Waals surface area contributed by atoms with E-state index in [1.54, 1.807) is 46.2 Å². The summed E-state index contributed by atoms with van der Waals surface area (Å²) in [6.07, 6.45) is 2.66. The number of esters is 1. The van der Waals surface area contributed by atoms with Crippen molar-refractivity contribution >= 4 is 47.1 Å². The maximum absolute atomic E-state index is 12.9. The number of thioether (sulfide) groups is 1. The van der Waals surface area contributed by atoms with E-state index in [-0.39, 0.29) is 17.6 Å². The van der Waals surface area contributed by atoms with Gasteiger partial charge in [-0.25, -0.2) is 4.79 Å². The van der Waals surface area contributed by atoms with Gasteiger partial charge in [-0.3, -0.25) is 14.4 Å². The summed E-state index contributed by atoms with van der Waals surface area (Å²) in [5.41, 5.74) is 0.363. The Bertz CT molecular complexity index is 1020. The Kier molecular flexibility index (Phi) is 9.62. The zero-order chi connectivity index (χ0) is 25.4. The van der Waals surface area contributed by atoms with Crippen LogP contribution in [0.25, 0.3) is 0 Å². The van der Waals surface area contributed by atoms with Crippen LogP contribution in [0.4, 0.5) is 0 Å². The van der Waals surface area contributed by atoms with Crippen molar-refractivity contribution in [2.75, 3.05) is 38.2 Å². The second-order valence-electron chi connectivity index (χ2n) is 7.99. The Morgan fingerprint density at radius 1 is 1.09 bits per heavy atom. The summed E-state index contributed by atoms with van der Waals surface area (Å²) in [5.74, 6) is -0.807. The number of carbonyl (C=O) groups is 4. The lowest BCUT2D eigenvalue weighted by molar-refractivity contribution is -0.161. The van der Waals surface area contributed by atoms with E-state index in [1.807, 2.05) is 6.26 Å². The highest BCUT2D eigenvalue weighted by Gasteiger charge is 2.31. The van der Waals surface area contributed by atoms with Crippen LogP contribution in [0.15, 0.2) is 47.1 Å². The van der Waals surface area contributed by atoms with Gasteiger partial charge in [0.2, 0.25) is 0 Å². The van der Waals surface area contributed by atoms with Crippen LogP contribution < -0.4 is 5.32 Å². The smallest absolute Gasteiger partial charge is 0.329 e. The van der Waals surface area contributed by atoms with Crippen molar-refractivity contribution in [1.82, 2.24) is 15.1 Å². The fraction of sp³-hybridized carbons (Fsp3) is 0.417. The van der Waals surface area contributed by atoms with Crippen LogP contribution in [0.3, 0.4) is 0 Å². The number of amides is 3. The molecule has 0 unspecified atom stereocenters. The van der Waals surface area contributed by atoms with E-state index < -0.39 is 24.0 Å². The van der Waals surface area contributed by atoms with Crippen LogP contribution >= 0.6 is 23.4 Å². The summed E-state index contributed by atoms with van der Waals surface area (Å²) in [6, 6.07) is 8.66. The summed E-state index contributed by atoms with van der Waals surface area (Å²) >= 11 is 7.40. The van der Waals surface area contributed by atoms with Crippen LogP contribution in [0.1, 0.15) is 34.3 Å². The molecule has 0 saturated carbocycles. The predicted octanol–water partition coefficient (Wildman–Crippen LogP) is 2.70. The van der Waals surface area contributed by atoms with Crippen LogP contribution in [0, 0.1) is 0 Å². The first-order chi connectivity index (χ1) is 16.8. The molecule has 188 valence electrons. The molecule has 1 fully saturated rings. The van der Waals surface area contributed by atoms with Crippen molar-refractivity contribution in [2.45, 2.75) is 25.5 Å². The summed E-state index contributed by atoms with van der Waals surface area (Å²) in [5, 5.41) is 3.19. The summed E-state index contributed by atoms with van der Waals surface area (Å²) in [4.78, 5) is 53.9. The molecule has 3 amide bonds. The highest BCUT2D eigenvalue weighted by molar-refractivity contribution is 7.98. The number of nitrogens with zero attached hydrogens (tertiary/aromatic N) is 2. The van der Waals surface area contributed by atoms with E-state index in [4.69, 9.17) is 20.8 Å². The fourth-order valence-electron chi connectivity index (χ4n) is 3.58. The summed E-state index contributed by atoms with van der Waals surface area (Å²) < 4.78 is 10.6. The lowest BCUT2D eigenvalue weighted by atomic mass is 10.1. The van der Waals surface area contributed by atoms with E-state index in [9.17, 15) is 19.2 Å². The first-order valence-corrected chi connectivity index (χ1v) is 12.9. The zero-order valence-corrected chi connectivity index (χ0v) is 21.1. The number of piperazine rings is 1. The molecule has 3 rings (SSSR count). The average molecular weight is 522 g/mol. The minimum Gasteiger partial charge on any atom is -0.459 e. The van der Waals surface area contributed by atoms with Gasteiger partial charge in [0.05, 0.1) is 6.26 Å². The molecule has 2 atom stereocenters. The summed E-state index contributed by atoms with van der Waals surface area (Å²) in [6.45, 7) is 2.83. The number of ether oxygens (including phenoxy) is 1. The molecule has 9 nitrogen and oxygen atoms in total. The molecular weight excluding hydrogens is 494 g/mol. The average Bonchev–Trinajstić information content (AvgIpc) is 3.41. The number of hydrogen-bond donors (Lipinski definition) is 1. The Balaban J connectivity index is 1.54. The minimum atomic E-state index is -1.03. The number of nitrogens with one attached hydrogen (secondary N) is 1. The molecule has 1 aliphatic heterocycles. The maximum atomic E-state index is 12.9. The van der Waals surface area contributed by atoms with Crippen LogP contribution in [-0.4, -0.2) is 83.8 Å². The summed E-state index contributed by atoms with van der Waals surface area (Å²) in [7, 11) is 0. The Labute approximate surface area is 213 Å². The zero-order valence-electron chi connectivity index (χ0n) is 19.6. The lowest BCUT2D eigenvalue weighted by Gasteiger charge is -2.35. The van der Waals surface area contributed by atoms with Gasteiger partial charge in [0.25, 0.3) is 17.7 Å². The van der Waals surface area contributed by atoms with Crippen LogP contribution in [0.5, 0.6) is 0 Å². The van der Waals surface area contributed by atoms with E-state index in [0.29, 0.717) is 48.9 Å². The number of furan rings is 1. The Morgan fingerprint density at radius 3 is 2.34 bits per heavy atom. The third kappa shape index (κ3) is 7.25. The molecule has 0 aliphatic carbocycles. The van der Waals surface area contributed by atoms with E-state index in [2.05, 4.69) is 5.32 Å². The molecule has 0 spiro atoms. The molecule has 2 heterocycles. The highest BCUT2D eigenvalue weighted by atomic mass is 35.5. The Hall–Kier alpha value is -2.98. The number of rotatable bonds is 9. The van der Waals surface area contributed by atoms with Crippen molar-refractivity contribution in [1.29, 1.82) is 0 Å². The number of hydrogen-bond acceptors (Lipinski definition) is 7. The predicted molar refractivity (Wildman–Crippen MR) is 132 cm³/mol. The molecule has 0 bridgehead atoms. The van der Waals surface area contributed by atoms with Crippen molar-refractivity contribution in [2.24, 2.45) is 0 Å². The fourth-order valence-corrected chi connectivity index (χ4v) is 4.17. The molecule has 2 aromatic rings. The van der Waals surface area contributed by atoms with Crippen molar-refractivity contribution in [3.63, 3.8) is 0 Å². The second kappa shape index (κ2) is 12.6. The standard InChI is InChI=1S/C24H28ClN3O6S/c1-16(22(30)27-10-12-28(13-11-27)23(31)20-4-3-14-33-20)34-24(32)19(9-15-35-2)26-21(29)17-5-7-18(25)8-6-17/h3-8,14,16,19H,9-13,15H2,1-2H3,(H,26,29)/t16-,19+/m1/s1. The third-order valence-corrected chi connectivity index (χ3v) is 6.45. The normalized spacial score (nSPS) is 15.3. The lowest BCUT2D eigenvalue weighted by Crippen LogP contribution is -2.53. The van der Waals surface area contributed by atoms with Gasteiger partial charge in [0, 0.05) is 36.8 Å². The van der Waals surface area contributed by atoms with Gasteiger partial charge >= 0.3 is 5.97 Å². The van der Waals surface area contributed by atoms with Gasteiger partial charge in [-0.05, 0) is 61.8 Å². The maximum Gasteiger partial charge on any atom is 0.329 e. The van der Waals surface area contributed by atoms with Gasteiger partial charge < -0.3 is 24.3 Å². The molecule has 1 N–H and O–H groups in total. The molecule has 35 heavy (non-hydrogen) atoms. The van der Waals surface area contributed by atoms with Gasteiger partial charge in [0.15, 0.2) is 11.9 Å². The van der Waals surface area contributed by atoms with E-state index in [1.165, 1.54) is 24.9 Å². The molecule has 0 radical (unpaired) electrons. The van der Waals surface area contributed by atoms with Crippen molar-refractivity contribution in [3.8, 4) is 0 Å². The van der Waals surface area contributed by atoms with Crippen LogP contribution in [0.2, 0.25) is 5.02 Å². The molecule has 1 saturated heterocycles. The van der Waals surface area contributed by atoms with Crippen molar-refractivity contribution < 1.29 is 28.3 Å². The topological polar surface area (TPSA) is 109 Å². The monoisotopic (exact) mass is 521 g/mol. The molecule has 11 heteroatoms. The number of carbonyl (C=O) groups excluding carboxylic acids is 4. The SMILES string of the molecule is CSCC[C@H](NC(=O)c1ccc(Cl)cc1)C(=O)O[C@H](C)C(=O)N1CCN(C(=O)c2ccco2)CC1. The Morgan fingerprint density at radius 2 is 1.74 bits per heavy atom. The quantitative estimate of drug-likeness (QED) is 0.505. The van der Waals surface area contributed by atoms with Gasteiger partial charge in [-0.2, -0.15) is 11.8 Å². The molecular formula is C24H28ClN3O6S. The van der Waals surface area contributed by atoms with Gasteiger partial charge in [0.1, 0.15) is 6.04 Å². The third-order valence-electron chi connectivity index (χ3n) is 5.56. The van der Waals surface area contributed by atoms with Gasteiger partial charge in [-0.15, -0.1) is 0 Å².